The highest BCUT2D eigenvalue weighted by Crippen LogP contribution is 2.28. The Kier molecular flexibility index (Phi) is 11.8. The van der Waals surface area contributed by atoms with Gasteiger partial charge in [-0.05, 0) is 55.8 Å². The van der Waals surface area contributed by atoms with Crippen molar-refractivity contribution >= 4 is 35.1 Å². The Morgan fingerprint density at radius 2 is 1.44 bits per heavy atom. The highest BCUT2D eigenvalue weighted by atomic mass is 35.5. The molecule has 45 heavy (non-hydrogen) atoms. The number of nitrogens with zero attached hydrogens (tertiary/aromatic N) is 4. The highest BCUT2D eigenvalue weighted by Gasteiger charge is 2.39. The van der Waals surface area contributed by atoms with Gasteiger partial charge >= 0.3 is 24.3 Å². The van der Waals surface area contributed by atoms with Crippen molar-refractivity contribution in [3.8, 4) is 17.0 Å². The molecular formula is C28H27ClF6N4O6. The first-order chi connectivity index (χ1) is 21.1. The van der Waals surface area contributed by atoms with Crippen LogP contribution in [0, 0.1) is 0 Å². The van der Waals surface area contributed by atoms with E-state index < -0.39 is 24.3 Å². The Morgan fingerprint density at radius 3 is 1.96 bits per heavy atom. The molecule has 2 N–H and O–H groups in total. The van der Waals surface area contributed by atoms with Crippen molar-refractivity contribution in [1.82, 2.24) is 14.5 Å². The van der Waals surface area contributed by atoms with Crippen LogP contribution < -0.4 is 9.64 Å². The molecule has 0 unspecified atom stereocenters. The minimum atomic E-state index is -5.08. The first-order valence-corrected chi connectivity index (χ1v) is 13.6. The second-order valence-corrected chi connectivity index (χ2v) is 10.1. The summed E-state index contributed by atoms with van der Waals surface area (Å²) >= 11 is 6.00. The quantitative estimate of drug-likeness (QED) is 0.326. The number of carboxylic acid groups (broad SMARTS) is 2. The van der Waals surface area contributed by atoms with E-state index in [-0.39, 0.29) is 5.91 Å². The van der Waals surface area contributed by atoms with Crippen molar-refractivity contribution in [3.05, 3.63) is 65.6 Å². The number of carbonyl (C=O) groups is 3. The number of carboxylic acids is 2. The second kappa shape index (κ2) is 15.1. The fourth-order valence-electron chi connectivity index (χ4n) is 4.27. The van der Waals surface area contributed by atoms with Crippen LogP contribution in [0.4, 0.5) is 32.0 Å². The maximum Gasteiger partial charge on any atom is 0.490 e. The minimum Gasteiger partial charge on any atom is -0.476 e. The summed E-state index contributed by atoms with van der Waals surface area (Å²) in [5, 5.41) is 14.9. The molecule has 244 valence electrons. The molecular weight excluding hydrogens is 638 g/mol. The van der Waals surface area contributed by atoms with E-state index in [0.717, 1.165) is 43.0 Å². The van der Waals surface area contributed by atoms with Crippen LogP contribution >= 0.6 is 11.6 Å². The molecule has 5 rings (SSSR count). The number of hydrogen-bond acceptors (Lipinski definition) is 6. The van der Waals surface area contributed by atoms with Gasteiger partial charge in [0, 0.05) is 42.5 Å². The summed E-state index contributed by atoms with van der Waals surface area (Å²) in [6.07, 6.45) is -3.85. The molecule has 2 aliphatic rings. The van der Waals surface area contributed by atoms with E-state index in [0.29, 0.717) is 29.7 Å². The number of likely N-dealkylation sites (tertiary alicyclic amines) is 1. The van der Waals surface area contributed by atoms with Crippen LogP contribution in [0.2, 0.25) is 5.02 Å². The van der Waals surface area contributed by atoms with Gasteiger partial charge < -0.3 is 24.4 Å². The third kappa shape index (κ3) is 10.4. The van der Waals surface area contributed by atoms with Gasteiger partial charge in [0.2, 0.25) is 5.88 Å². The maximum atomic E-state index is 13.1. The van der Waals surface area contributed by atoms with Crippen LogP contribution in [0.5, 0.6) is 5.88 Å². The number of alkyl halides is 6. The Morgan fingerprint density at radius 1 is 0.867 bits per heavy atom. The lowest BCUT2D eigenvalue weighted by Crippen LogP contribution is -2.39. The maximum absolute atomic E-state index is 13.1. The average Bonchev–Trinajstić information content (AvgIpc) is 3.65. The summed E-state index contributed by atoms with van der Waals surface area (Å²) in [7, 11) is 0. The lowest BCUT2D eigenvalue weighted by atomic mass is 10.1. The molecule has 2 aromatic heterocycles. The fourth-order valence-corrected chi connectivity index (χ4v) is 4.40. The van der Waals surface area contributed by atoms with Gasteiger partial charge in [-0.1, -0.05) is 23.7 Å². The van der Waals surface area contributed by atoms with E-state index in [9.17, 15) is 31.1 Å². The first kappa shape index (κ1) is 35.2. The van der Waals surface area contributed by atoms with Crippen LogP contribution in [0.25, 0.3) is 11.1 Å². The van der Waals surface area contributed by atoms with Crippen molar-refractivity contribution in [3.63, 3.8) is 0 Å². The SMILES string of the molecule is O=C(O)C(F)(F)F.O=C(O)C(F)(F)F.O=C1c2cc(-c3ccc(Cl)cc3)cn2CCN1c1ccc(OCCN2CCCC2)nc1. The molecule has 1 saturated heterocycles. The summed E-state index contributed by atoms with van der Waals surface area (Å²) in [6.45, 7) is 5.24. The van der Waals surface area contributed by atoms with Crippen molar-refractivity contribution in [2.45, 2.75) is 31.7 Å². The number of aromatic nitrogens is 2. The van der Waals surface area contributed by atoms with E-state index in [1.165, 1.54) is 12.8 Å². The monoisotopic (exact) mass is 664 g/mol. The van der Waals surface area contributed by atoms with Gasteiger partial charge in [-0.15, -0.1) is 0 Å². The van der Waals surface area contributed by atoms with Crippen LogP contribution in [-0.4, -0.2) is 87.6 Å². The van der Waals surface area contributed by atoms with Crippen molar-refractivity contribution in [2.24, 2.45) is 0 Å². The Hall–Kier alpha value is -4.31. The van der Waals surface area contributed by atoms with Gasteiger partial charge in [-0.3, -0.25) is 9.69 Å². The smallest absolute Gasteiger partial charge is 0.476 e. The Labute approximate surface area is 257 Å². The standard InChI is InChI=1S/C24H25ClN4O2.2C2HF3O2/c25-20-5-3-18(4-6-20)19-15-22-24(30)29(12-11-28(22)17-19)21-7-8-23(26-16-21)31-14-13-27-9-1-2-10-27;2*3-2(4,5)1(6)7/h3-8,15-17H,1-2,9-14H2;2*(H,6,7). The molecule has 0 atom stereocenters. The molecule has 10 nitrogen and oxygen atoms in total. The van der Waals surface area contributed by atoms with Crippen LogP contribution in [0.3, 0.4) is 0 Å². The topological polar surface area (TPSA) is 125 Å². The number of fused-ring (bicyclic) bond motifs is 1. The number of benzene rings is 1. The van der Waals surface area contributed by atoms with Crippen molar-refractivity contribution in [1.29, 1.82) is 0 Å². The molecule has 1 amide bonds. The first-order valence-electron chi connectivity index (χ1n) is 13.3. The number of rotatable bonds is 6. The molecule has 0 spiro atoms. The predicted octanol–water partition coefficient (Wildman–Crippen LogP) is 5.61. The van der Waals surface area contributed by atoms with E-state index in [2.05, 4.69) is 9.88 Å². The van der Waals surface area contributed by atoms with Gasteiger partial charge in [-0.25, -0.2) is 14.6 Å². The molecule has 17 heteroatoms. The molecule has 0 aliphatic carbocycles. The lowest BCUT2D eigenvalue weighted by molar-refractivity contribution is -0.193. The number of halogens is 7. The van der Waals surface area contributed by atoms with Crippen molar-refractivity contribution < 1.29 is 55.7 Å². The molecule has 0 bridgehead atoms. The third-order valence-corrected chi connectivity index (χ3v) is 6.73. The number of anilines is 1. The molecule has 0 radical (unpaired) electrons. The van der Waals surface area contributed by atoms with Crippen molar-refractivity contribution in [2.75, 3.05) is 37.7 Å². The number of ether oxygens (including phenoxy) is 1. The van der Waals surface area contributed by atoms with Gasteiger partial charge in [0.15, 0.2) is 0 Å². The van der Waals surface area contributed by atoms with Gasteiger partial charge in [0.1, 0.15) is 12.3 Å². The number of hydrogen-bond donors (Lipinski definition) is 2. The average molecular weight is 665 g/mol. The summed E-state index contributed by atoms with van der Waals surface area (Å²) in [5.41, 5.74) is 3.53. The number of pyridine rings is 1. The molecule has 1 fully saturated rings. The number of aliphatic carboxylic acids is 2. The summed E-state index contributed by atoms with van der Waals surface area (Å²) in [4.78, 5) is 39.5. The molecule has 0 saturated carbocycles. The van der Waals surface area contributed by atoms with Crippen LogP contribution in [0.15, 0.2) is 54.9 Å². The molecule has 2 aliphatic heterocycles. The lowest BCUT2D eigenvalue weighted by Gasteiger charge is -2.28. The van der Waals surface area contributed by atoms with Crippen LogP contribution in [-0.2, 0) is 16.1 Å². The second-order valence-electron chi connectivity index (χ2n) is 9.63. The Bertz CT molecular complexity index is 1430. The largest absolute Gasteiger partial charge is 0.490 e. The Balaban J connectivity index is 0.000000331. The van der Waals surface area contributed by atoms with E-state index in [4.69, 9.17) is 36.1 Å². The summed E-state index contributed by atoms with van der Waals surface area (Å²) < 4.78 is 71.3. The summed E-state index contributed by atoms with van der Waals surface area (Å²) in [6, 6.07) is 13.4. The van der Waals surface area contributed by atoms with E-state index in [1.54, 1.807) is 11.1 Å². The van der Waals surface area contributed by atoms with Gasteiger partial charge in [0.05, 0.1) is 11.9 Å². The minimum absolute atomic E-state index is 0.0176. The number of carbonyl (C=O) groups excluding carboxylic acids is 1. The molecule has 3 aromatic rings. The van der Waals surface area contributed by atoms with Gasteiger partial charge in [0.25, 0.3) is 5.91 Å². The zero-order valence-corrected chi connectivity index (χ0v) is 24.1. The highest BCUT2D eigenvalue weighted by molar-refractivity contribution is 6.30. The van der Waals surface area contributed by atoms with Gasteiger partial charge in [-0.2, -0.15) is 26.3 Å². The molecule has 1 aromatic carbocycles. The summed E-state index contributed by atoms with van der Waals surface area (Å²) in [5.74, 6) is -4.93. The predicted molar refractivity (Wildman–Crippen MR) is 149 cm³/mol. The number of amides is 1. The normalized spacial score (nSPS) is 14.9. The zero-order chi connectivity index (χ0) is 33.4. The fraction of sp³-hybridized carbons (Fsp3) is 0.357. The third-order valence-electron chi connectivity index (χ3n) is 6.48. The van der Waals surface area contributed by atoms with E-state index >= 15 is 0 Å². The van der Waals surface area contributed by atoms with Crippen LogP contribution in [0.1, 0.15) is 23.3 Å². The molecule has 4 heterocycles. The zero-order valence-electron chi connectivity index (χ0n) is 23.3. The van der Waals surface area contributed by atoms with E-state index in [1.807, 2.05) is 53.2 Å².